The molecule has 5 nitrogen and oxygen atoms in total. The SMILES string of the molecule is Cc1ccc(C)c(S(=O)(=O)N(CC(=O)Nc2cc(F)ccc2F)c2ccccc2C)c1. The van der Waals surface area contributed by atoms with Crippen LogP contribution in [0.1, 0.15) is 16.7 Å². The zero-order valence-electron chi connectivity index (χ0n) is 17.3. The number of amides is 1. The van der Waals surface area contributed by atoms with E-state index < -0.39 is 34.1 Å². The molecule has 0 saturated carbocycles. The van der Waals surface area contributed by atoms with Crippen LogP contribution in [0.4, 0.5) is 20.2 Å². The number of carbonyl (C=O) groups excluding carboxylic acids is 1. The van der Waals surface area contributed by atoms with Crippen molar-refractivity contribution in [1.29, 1.82) is 0 Å². The van der Waals surface area contributed by atoms with Crippen LogP contribution in [0.25, 0.3) is 0 Å². The van der Waals surface area contributed by atoms with Crippen LogP contribution in [-0.2, 0) is 14.8 Å². The summed E-state index contributed by atoms with van der Waals surface area (Å²) < 4.78 is 55.5. The molecule has 162 valence electrons. The molecule has 0 atom stereocenters. The summed E-state index contributed by atoms with van der Waals surface area (Å²) in [7, 11) is -4.13. The van der Waals surface area contributed by atoms with Gasteiger partial charge in [-0.3, -0.25) is 9.10 Å². The van der Waals surface area contributed by atoms with Gasteiger partial charge in [-0.2, -0.15) is 0 Å². The Bertz CT molecular complexity index is 1240. The van der Waals surface area contributed by atoms with E-state index in [-0.39, 0.29) is 10.6 Å². The molecule has 0 aromatic heterocycles. The predicted molar refractivity (Wildman–Crippen MR) is 117 cm³/mol. The van der Waals surface area contributed by atoms with Gasteiger partial charge in [0.1, 0.15) is 18.2 Å². The molecule has 0 aliphatic carbocycles. The van der Waals surface area contributed by atoms with Crippen LogP contribution in [0.15, 0.2) is 65.6 Å². The number of rotatable bonds is 6. The molecular formula is C23H22F2N2O3S. The summed E-state index contributed by atoms with van der Waals surface area (Å²) >= 11 is 0. The highest BCUT2D eigenvalue weighted by atomic mass is 32.2. The molecular weight excluding hydrogens is 422 g/mol. The Morgan fingerprint density at radius 2 is 1.65 bits per heavy atom. The van der Waals surface area contributed by atoms with Crippen LogP contribution in [0.3, 0.4) is 0 Å². The van der Waals surface area contributed by atoms with E-state index in [9.17, 15) is 22.0 Å². The number of hydrogen-bond acceptors (Lipinski definition) is 3. The molecule has 0 saturated heterocycles. The summed E-state index contributed by atoms with van der Waals surface area (Å²) in [6.45, 7) is 4.56. The van der Waals surface area contributed by atoms with E-state index >= 15 is 0 Å². The van der Waals surface area contributed by atoms with E-state index in [1.807, 2.05) is 0 Å². The number of carbonyl (C=O) groups is 1. The first kappa shape index (κ1) is 22.4. The molecule has 3 aromatic rings. The molecule has 31 heavy (non-hydrogen) atoms. The molecule has 3 aromatic carbocycles. The van der Waals surface area contributed by atoms with Crippen LogP contribution in [0.2, 0.25) is 0 Å². The molecule has 0 aliphatic rings. The third-order valence-electron chi connectivity index (χ3n) is 4.79. The van der Waals surface area contributed by atoms with Crippen molar-refractivity contribution in [3.8, 4) is 0 Å². The summed E-state index contributed by atoms with van der Waals surface area (Å²) in [6.07, 6.45) is 0. The van der Waals surface area contributed by atoms with Crippen LogP contribution in [0, 0.1) is 32.4 Å². The number of hydrogen-bond donors (Lipinski definition) is 1. The highest BCUT2D eigenvalue weighted by Crippen LogP contribution is 2.29. The Morgan fingerprint density at radius 3 is 2.35 bits per heavy atom. The fraction of sp³-hybridized carbons (Fsp3) is 0.174. The Labute approximate surface area is 180 Å². The third-order valence-corrected chi connectivity index (χ3v) is 6.69. The fourth-order valence-electron chi connectivity index (χ4n) is 3.16. The number of para-hydroxylation sites is 1. The van der Waals surface area contributed by atoms with E-state index in [1.165, 1.54) is 0 Å². The first-order valence-corrected chi connectivity index (χ1v) is 10.9. The molecule has 3 rings (SSSR count). The Kier molecular flexibility index (Phi) is 6.40. The van der Waals surface area contributed by atoms with Crippen LogP contribution in [-0.4, -0.2) is 20.9 Å². The van der Waals surface area contributed by atoms with Crippen molar-refractivity contribution in [2.24, 2.45) is 0 Å². The van der Waals surface area contributed by atoms with E-state index in [0.717, 1.165) is 28.1 Å². The Balaban J connectivity index is 2.03. The minimum atomic E-state index is -4.13. The van der Waals surface area contributed by atoms with Crippen LogP contribution < -0.4 is 9.62 Å². The first-order chi connectivity index (χ1) is 14.6. The number of benzene rings is 3. The maximum Gasteiger partial charge on any atom is 0.265 e. The summed E-state index contributed by atoms with van der Waals surface area (Å²) in [5, 5.41) is 2.26. The van der Waals surface area contributed by atoms with Gasteiger partial charge in [-0.05, 0) is 61.7 Å². The molecule has 0 heterocycles. The fourth-order valence-corrected chi connectivity index (χ4v) is 4.96. The Morgan fingerprint density at radius 1 is 0.935 bits per heavy atom. The van der Waals surface area contributed by atoms with Gasteiger partial charge in [-0.1, -0.05) is 30.3 Å². The number of halogens is 2. The Hall–Kier alpha value is -3.26. The average Bonchev–Trinajstić information content (AvgIpc) is 2.71. The molecule has 0 spiro atoms. The molecule has 0 fully saturated rings. The van der Waals surface area contributed by atoms with Gasteiger partial charge >= 0.3 is 0 Å². The molecule has 1 amide bonds. The van der Waals surface area contributed by atoms with Crippen molar-refractivity contribution in [2.45, 2.75) is 25.7 Å². The minimum Gasteiger partial charge on any atom is -0.322 e. The lowest BCUT2D eigenvalue weighted by Crippen LogP contribution is -2.39. The van der Waals surface area contributed by atoms with Crippen molar-refractivity contribution in [3.63, 3.8) is 0 Å². The first-order valence-electron chi connectivity index (χ1n) is 9.50. The van der Waals surface area contributed by atoms with E-state index in [2.05, 4.69) is 5.32 Å². The van der Waals surface area contributed by atoms with E-state index in [1.54, 1.807) is 63.2 Å². The second-order valence-electron chi connectivity index (χ2n) is 7.24. The second kappa shape index (κ2) is 8.85. The lowest BCUT2D eigenvalue weighted by atomic mass is 10.2. The van der Waals surface area contributed by atoms with Crippen molar-refractivity contribution in [3.05, 3.63) is 89.0 Å². The topological polar surface area (TPSA) is 66.5 Å². The maximum absolute atomic E-state index is 13.9. The normalized spacial score (nSPS) is 11.3. The van der Waals surface area contributed by atoms with Gasteiger partial charge in [-0.25, -0.2) is 17.2 Å². The number of anilines is 2. The second-order valence-corrected chi connectivity index (χ2v) is 9.07. The predicted octanol–water partition coefficient (Wildman–Crippen LogP) is 4.72. The number of nitrogens with zero attached hydrogens (tertiary/aromatic N) is 1. The summed E-state index contributed by atoms with van der Waals surface area (Å²) in [5.74, 6) is -2.35. The van der Waals surface area contributed by atoms with Gasteiger partial charge in [0.2, 0.25) is 5.91 Å². The summed E-state index contributed by atoms with van der Waals surface area (Å²) in [6, 6.07) is 14.4. The zero-order chi connectivity index (χ0) is 22.8. The number of nitrogens with one attached hydrogen (secondary N) is 1. The van der Waals surface area contributed by atoms with E-state index in [0.29, 0.717) is 16.8 Å². The van der Waals surface area contributed by atoms with Crippen molar-refractivity contribution in [1.82, 2.24) is 0 Å². The quantitative estimate of drug-likeness (QED) is 0.598. The molecule has 1 N–H and O–H groups in total. The van der Waals surface area contributed by atoms with Crippen LogP contribution in [0.5, 0.6) is 0 Å². The van der Waals surface area contributed by atoms with Crippen molar-refractivity contribution >= 4 is 27.3 Å². The maximum atomic E-state index is 13.9. The smallest absolute Gasteiger partial charge is 0.265 e. The summed E-state index contributed by atoms with van der Waals surface area (Å²) in [4.78, 5) is 12.8. The molecule has 0 aliphatic heterocycles. The third kappa shape index (κ3) is 4.91. The van der Waals surface area contributed by atoms with Gasteiger partial charge in [0.25, 0.3) is 10.0 Å². The van der Waals surface area contributed by atoms with Gasteiger partial charge in [0.05, 0.1) is 16.3 Å². The highest BCUT2D eigenvalue weighted by Gasteiger charge is 2.29. The van der Waals surface area contributed by atoms with Gasteiger partial charge in [0, 0.05) is 6.07 Å². The lowest BCUT2D eigenvalue weighted by Gasteiger charge is -2.26. The average molecular weight is 445 g/mol. The standard InChI is InChI=1S/C23H22F2N2O3S/c1-15-8-9-17(3)22(12-15)31(29,30)27(21-7-5-4-6-16(21)2)14-23(28)26-20-13-18(24)10-11-19(20)25/h4-13H,14H2,1-3H3,(H,26,28). The summed E-state index contributed by atoms with van der Waals surface area (Å²) in [5.41, 5.74) is 1.87. The van der Waals surface area contributed by atoms with Crippen LogP contribution >= 0.6 is 0 Å². The number of sulfonamides is 1. The van der Waals surface area contributed by atoms with Crippen molar-refractivity contribution < 1.29 is 22.0 Å². The van der Waals surface area contributed by atoms with Gasteiger partial charge in [-0.15, -0.1) is 0 Å². The molecule has 0 radical (unpaired) electrons. The highest BCUT2D eigenvalue weighted by molar-refractivity contribution is 7.93. The zero-order valence-corrected chi connectivity index (χ0v) is 18.1. The molecule has 0 bridgehead atoms. The van der Waals surface area contributed by atoms with E-state index in [4.69, 9.17) is 0 Å². The largest absolute Gasteiger partial charge is 0.322 e. The molecule has 8 heteroatoms. The number of aryl methyl sites for hydroxylation is 3. The van der Waals surface area contributed by atoms with Gasteiger partial charge < -0.3 is 5.32 Å². The van der Waals surface area contributed by atoms with Gasteiger partial charge in [0.15, 0.2) is 0 Å². The molecule has 0 unspecified atom stereocenters. The monoisotopic (exact) mass is 444 g/mol. The minimum absolute atomic E-state index is 0.0699. The van der Waals surface area contributed by atoms with Crippen molar-refractivity contribution in [2.75, 3.05) is 16.2 Å². The lowest BCUT2D eigenvalue weighted by molar-refractivity contribution is -0.114.